The molecule has 31 heavy (non-hydrogen) atoms. The Balaban J connectivity index is 1.53. The molecule has 0 aliphatic heterocycles. The first-order valence-corrected chi connectivity index (χ1v) is 10.3. The monoisotopic (exact) mass is 421 g/mol. The van der Waals surface area contributed by atoms with E-state index in [9.17, 15) is 4.79 Å². The summed E-state index contributed by atoms with van der Waals surface area (Å²) in [5.74, 6) is 2.42. The number of rotatable bonds is 9. The van der Waals surface area contributed by atoms with E-state index in [2.05, 4.69) is 22.5 Å². The summed E-state index contributed by atoms with van der Waals surface area (Å²) in [6, 6.07) is 17.3. The highest BCUT2D eigenvalue weighted by Gasteiger charge is 2.60. The highest BCUT2D eigenvalue weighted by atomic mass is 16.5. The van der Waals surface area contributed by atoms with E-state index in [0.29, 0.717) is 36.2 Å². The number of anilines is 1. The Morgan fingerprint density at radius 1 is 1.13 bits per heavy atom. The first kappa shape index (κ1) is 20.8. The first-order valence-electron chi connectivity index (χ1n) is 10.3. The topological polar surface area (TPSA) is 74.6 Å². The molecule has 0 spiro atoms. The van der Waals surface area contributed by atoms with Crippen LogP contribution in [0.1, 0.15) is 18.9 Å². The highest BCUT2D eigenvalue weighted by Crippen LogP contribution is 2.55. The molecule has 7 heteroatoms. The molecule has 0 saturated heterocycles. The van der Waals surface area contributed by atoms with Crippen LogP contribution in [-0.2, 0) is 16.8 Å². The number of nitrogens with zero attached hydrogens (tertiary/aromatic N) is 2. The van der Waals surface area contributed by atoms with Gasteiger partial charge in [-0.1, -0.05) is 30.3 Å². The molecule has 7 nitrogen and oxygen atoms in total. The number of aromatic nitrogens is 2. The van der Waals surface area contributed by atoms with Crippen LogP contribution in [0.2, 0.25) is 0 Å². The summed E-state index contributed by atoms with van der Waals surface area (Å²) in [7, 11) is 3.19. The summed E-state index contributed by atoms with van der Waals surface area (Å²) in [5, 5.41) is 7.25. The van der Waals surface area contributed by atoms with E-state index in [1.807, 2.05) is 43.3 Å². The molecule has 2 aromatic carbocycles. The summed E-state index contributed by atoms with van der Waals surface area (Å²) in [6.45, 7) is 3.07. The van der Waals surface area contributed by atoms with Crippen molar-refractivity contribution in [2.75, 3.05) is 26.1 Å². The van der Waals surface area contributed by atoms with Gasteiger partial charge >= 0.3 is 0 Å². The molecule has 1 fully saturated rings. The van der Waals surface area contributed by atoms with Crippen molar-refractivity contribution in [1.29, 1.82) is 0 Å². The minimum Gasteiger partial charge on any atom is -0.493 e. The number of aryl methyl sites for hydroxylation is 1. The van der Waals surface area contributed by atoms with Crippen LogP contribution in [0.15, 0.2) is 60.8 Å². The Hall–Kier alpha value is -3.48. The van der Waals surface area contributed by atoms with Gasteiger partial charge in [-0.3, -0.25) is 4.79 Å². The van der Waals surface area contributed by atoms with Crippen LogP contribution < -0.4 is 19.5 Å². The molecule has 1 aliphatic carbocycles. The molecule has 2 atom stereocenters. The van der Waals surface area contributed by atoms with Crippen molar-refractivity contribution in [3.8, 4) is 17.2 Å². The molecule has 1 N–H and O–H groups in total. The number of carbonyl (C=O) groups excluding carboxylic acids is 1. The fourth-order valence-corrected chi connectivity index (χ4v) is 4.00. The average Bonchev–Trinajstić information content (AvgIpc) is 3.40. The summed E-state index contributed by atoms with van der Waals surface area (Å²) in [5.41, 5.74) is 0.717. The van der Waals surface area contributed by atoms with Gasteiger partial charge in [0.1, 0.15) is 11.6 Å². The van der Waals surface area contributed by atoms with Gasteiger partial charge < -0.3 is 19.5 Å². The van der Waals surface area contributed by atoms with E-state index in [-0.39, 0.29) is 17.2 Å². The van der Waals surface area contributed by atoms with E-state index in [0.717, 1.165) is 12.0 Å². The number of nitrogens with one attached hydrogen (secondary N) is 1. The third-order valence-electron chi connectivity index (χ3n) is 5.86. The molecular weight excluding hydrogens is 394 g/mol. The van der Waals surface area contributed by atoms with Crippen molar-refractivity contribution in [3.05, 3.63) is 66.4 Å². The smallest absolute Gasteiger partial charge is 0.229 e. The maximum atomic E-state index is 13.1. The molecule has 4 rings (SSSR count). The number of amides is 1. The second-order valence-corrected chi connectivity index (χ2v) is 7.61. The predicted octanol–water partition coefficient (Wildman–Crippen LogP) is 3.90. The van der Waals surface area contributed by atoms with Gasteiger partial charge in [0.05, 0.1) is 32.9 Å². The van der Waals surface area contributed by atoms with Crippen molar-refractivity contribution in [3.63, 3.8) is 0 Å². The fraction of sp³-hybridized carbons (Fsp3) is 0.333. The highest BCUT2D eigenvalue weighted by molar-refractivity contribution is 5.95. The van der Waals surface area contributed by atoms with Crippen molar-refractivity contribution in [2.45, 2.75) is 25.3 Å². The van der Waals surface area contributed by atoms with Gasteiger partial charge in [-0.15, -0.1) is 0 Å². The average molecular weight is 421 g/mol. The van der Waals surface area contributed by atoms with Crippen molar-refractivity contribution < 1.29 is 19.0 Å². The van der Waals surface area contributed by atoms with E-state index in [1.165, 1.54) is 0 Å². The molecule has 1 saturated carbocycles. The van der Waals surface area contributed by atoms with Gasteiger partial charge in [0.25, 0.3) is 0 Å². The second-order valence-electron chi connectivity index (χ2n) is 7.61. The van der Waals surface area contributed by atoms with Crippen LogP contribution in [0.4, 0.5) is 5.82 Å². The van der Waals surface area contributed by atoms with E-state index in [1.54, 1.807) is 31.2 Å². The van der Waals surface area contributed by atoms with Gasteiger partial charge in [0.2, 0.25) is 5.91 Å². The summed E-state index contributed by atoms with van der Waals surface area (Å²) < 4.78 is 18.6. The van der Waals surface area contributed by atoms with Crippen molar-refractivity contribution >= 4 is 11.7 Å². The summed E-state index contributed by atoms with van der Waals surface area (Å²) in [6.07, 6.45) is 2.41. The fourth-order valence-electron chi connectivity index (χ4n) is 4.00. The Labute approximate surface area is 181 Å². The third-order valence-corrected chi connectivity index (χ3v) is 5.86. The summed E-state index contributed by atoms with van der Waals surface area (Å²) >= 11 is 0. The normalized spacial score (nSPS) is 19.5. The lowest BCUT2D eigenvalue weighted by atomic mass is 9.93. The lowest BCUT2D eigenvalue weighted by Gasteiger charge is -2.20. The molecular formula is C24H27N3O4. The molecule has 3 aromatic rings. The van der Waals surface area contributed by atoms with Crippen LogP contribution in [0.25, 0.3) is 0 Å². The molecule has 1 aromatic heterocycles. The number of ether oxygens (including phenoxy) is 3. The molecule has 1 heterocycles. The van der Waals surface area contributed by atoms with Gasteiger partial charge in [-0.2, -0.15) is 5.10 Å². The van der Waals surface area contributed by atoms with Crippen LogP contribution in [-0.4, -0.2) is 36.5 Å². The number of methoxy groups -OCH3 is 2. The van der Waals surface area contributed by atoms with Gasteiger partial charge in [-0.25, -0.2) is 4.68 Å². The zero-order valence-corrected chi connectivity index (χ0v) is 18.0. The number of benzene rings is 2. The van der Waals surface area contributed by atoms with Crippen LogP contribution in [0, 0.1) is 5.92 Å². The quantitative estimate of drug-likeness (QED) is 0.567. The minimum atomic E-state index is -0.379. The SMILES string of the molecule is CCn1nccc1NC(=O)C1CC1(COc1ccc(OC)c(OC)c1)c1ccccc1. The third kappa shape index (κ3) is 4.08. The Morgan fingerprint density at radius 3 is 2.61 bits per heavy atom. The largest absolute Gasteiger partial charge is 0.493 e. The molecule has 2 unspecified atom stereocenters. The van der Waals surface area contributed by atoms with Gasteiger partial charge in [-0.05, 0) is 31.0 Å². The molecule has 162 valence electrons. The maximum Gasteiger partial charge on any atom is 0.229 e. The van der Waals surface area contributed by atoms with Crippen LogP contribution in [0.5, 0.6) is 17.2 Å². The van der Waals surface area contributed by atoms with Crippen LogP contribution in [0.3, 0.4) is 0 Å². The summed E-state index contributed by atoms with van der Waals surface area (Å²) in [4.78, 5) is 13.1. The standard InChI is InChI=1S/C24H27N3O4/c1-4-27-22(12-13-25-27)26-23(28)19-15-24(19,17-8-6-5-7-9-17)16-31-18-10-11-20(29-2)21(14-18)30-3/h5-14,19H,4,15-16H2,1-3H3,(H,26,28). The second kappa shape index (κ2) is 8.71. The lowest BCUT2D eigenvalue weighted by Crippen LogP contribution is -2.27. The van der Waals surface area contributed by atoms with E-state index < -0.39 is 0 Å². The maximum absolute atomic E-state index is 13.1. The lowest BCUT2D eigenvalue weighted by molar-refractivity contribution is -0.117. The molecule has 1 aliphatic rings. The Bertz CT molecular complexity index is 1050. The molecule has 0 bridgehead atoms. The van der Waals surface area contributed by atoms with E-state index in [4.69, 9.17) is 14.2 Å². The van der Waals surface area contributed by atoms with E-state index >= 15 is 0 Å². The number of carbonyl (C=O) groups is 1. The van der Waals surface area contributed by atoms with Gasteiger partial charge in [0.15, 0.2) is 11.5 Å². The molecule has 1 amide bonds. The van der Waals surface area contributed by atoms with Crippen LogP contribution >= 0.6 is 0 Å². The number of hydrogen-bond donors (Lipinski definition) is 1. The zero-order chi connectivity index (χ0) is 21.8. The van der Waals surface area contributed by atoms with Crippen molar-refractivity contribution in [2.24, 2.45) is 5.92 Å². The number of hydrogen-bond acceptors (Lipinski definition) is 5. The predicted molar refractivity (Wildman–Crippen MR) is 118 cm³/mol. The zero-order valence-electron chi connectivity index (χ0n) is 18.0. The Kier molecular flexibility index (Phi) is 5.84. The molecule has 0 radical (unpaired) electrons. The Morgan fingerprint density at radius 2 is 1.90 bits per heavy atom. The first-order chi connectivity index (χ1) is 15.1. The minimum absolute atomic E-state index is 0.0186. The van der Waals surface area contributed by atoms with Gasteiger partial charge in [0, 0.05) is 24.1 Å². The van der Waals surface area contributed by atoms with Crippen molar-refractivity contribution in [1.82, 2.24) is 9.78 Å².